The highest BCUT2D eigenvalue weighted by Crippen LogP contribution is 2.21. The van der Waals surface area contributed by atoms with E-state index in [1.807, 2.05) is 20.8 Å². The van der Waals surface area contributed by atoms with Gasteiger partial charge in [-0.1, -0.05) is 45.0 Å². The topological polar surface area (TPSA) is 41.1 Å². The molecule has 148 valence electrons. The summed E-state index contributed by atoms with van der Waals surface area (Å²) in [5, 5.41) is 7.06. The van der Waals surface area contributed by atoms with E-state index >= 15 is 0 Å². The molecule has 0 aliphatic rings. The van der Waals surface area contributed by atoms with Gasteiger partial charge in [-0.25, -0.2) is 0 Å². The van der Waals surface area contributed by atoms with E-state index in [1.54, 1.807) is 0 Å². The summed E-state index contributed by atoms with van der Waals surface area (Å²) in [6.45, 7) is 19.8. The van der Waals surface area contributed by atoms with Gasteiger partial charge in [-0.2, -0.15) is 0 Å². The number of hydrogen-bond donors (Lipinski definition) is 2. The second-order valence-corrected chi connectivity index (χ2v) is 10.5. The molecule has 26 heavy (non-hydrogen) atoms. The lowest BCUT2D eigenvalue weighted by Gasteiger charge is -2.32. The van der Waals surface area contributed by atoms with Crippen molar-refractivity contribution in [3.05, 3.63) is 35.4 Å². The summed E-state index contributed by atoms with van der Waals surface area (Å²) < 4.78 is 0. The highest BCUT2D eigenvalue weighted by molar-refractivity contribution is 5.88. The molecule has 0 spiro atoms. The number of ketones is 1. The van der Waals surface area contributed by atoms with Crippen LogP contribution in [0.5, 0.6) is 0 Å². The summed E-state index contributed by atoms with van der Waals surface area (Å²) in [5.41, 5.74) is 2.28. The third-order valence-electron chi connectivity index (χ3n) is 4.20. The van der Waals surface area contributed by atoms with E-state index in [2.05, 4.69) is 76.4 Å². The average molecular weight is 361 g/mol. The summed E-state index contributed by atoms with van der Waals surface area (Å²) in [7, 11) is 0. The van der Waals surface area contributed by atoms with Gasteiger partial charge in [-0.15, -0.1) is 0 Å². The molecule has 0 saturated heterocycles. The quantitative estimate of drug-likeness (QED) is 0.728. The molecular weight excluding hydrogens is 320 g/mol. The van der Waals surface area contributed by atoms with E-state index in [0.29, 0.717) is 0 Å². The third kappa shape index (κ3) is 8.95. The molecule has 2 N–H and O–H groups in total. The lowest BCUT2D eigenvalue weighted by Crippen LogP contribution is -2.51. The van der Waals surface area contributed by atoms with E-state index in [0.717, 1.165) is 19.4 Å². The Morgan fingerprint density at radius 2 is 1.50 bits per heavy atom. The van der Waals surface area contributed by atoms with Crippen molar-refractivity contribution in [2.45, 2.75) is 98.8 Å². The molecule has 0 aliphatic heterocycles. The first-order valence-corrected chi connectivity index (χ1v) is 9.82. The maximum atomic E-state index is 12.9. The number of benzene rings is 1. The zero-order valence-corrected chi connectivity index (χ0v) is 18.4. The predicted molar refractivity (Wildman–Crippen MR) is 112 cm³/mol. The van der Waals surface area contributed by atoms with Gasteiger partial charge < -0.3 is 10.6 Å². The van der Waals surface area contributed by atoms with Crippen molar-refractivity contribution in [3.8, 4) is 0 Å². The van der Waals surface area contributed by atoms with E-state index in [9.17, 15) is 4.79 Å². The van der Waals surface area contributed by atoms with E-state index in [-0.39, 0.29) is 28.3 Å². The first-order chi connectivity index (χ1) is 11.7. The largest absolute Gasteiger partial charge is 0.308 e. The second kappa shape index (κ2) is 8.67. The Kier molecular flexibility index (Phi) is 7.62. The number of carbonyl (C=O) groups is 1. The van der Waals surface area contributed by atoms with Crippen LogP contribution in [-0.4, -0.2) is 22.9 Å². The first-order valence-electron chi connectivity index (χ1n) is 9.82. The van der Waals surface area contributed by atoms with Crippen LogP contribution in [0.3, 0.4) is 0 Å². The lowest BCUT2D eigenvalue weighted by molar-refractivity contribution is -0.129. The normalized spacial score (nSPS) is 14.3. The number of Topliss-reactive ketones (excluding diaryl/α,β-unsaturated/α-hetero) is 1. The number of rotatable bonds is 7. The maximum absolute atomic E-state index is 12.9. The number of carbonyl (C=O) groups excluding carboxylic acids is 1. The van der Waals surface area contributed by atoms with Crippen LogP contribution >= 0.6 is 0 Å². The maximum Gasteiger partial charge on any atom is 0.155 e. The van der Waals surface area contributed by atoms with Crippen LogP contribution in [0.15, 0.2) is 24.3 Å². The van der Waals surface area contributed by atoms with Gasteiger partial charge in [0.15, 0.2) is 5.78 Å². The van der Waals surface area contributed by atoms with Crippen molar-refractivity contribution in [2.75, 3.05) is 0 Å². The summed E-state index contributed by atoms with van der Waals surface area (Å²) in [6, 6.07) is 8.58. The third-order valence-corrected chi connectivity index (χ3v) is 4.20. The Balaban J connectivity index is 2.80. The molecule has 0 saturated carbocycles. The van der Waals surface area contributed by atoms with Gasteiger partial charge in [0, 0.05) is 23.0 Å². The van der Waals surface area contributed by atoms with Crippen molar-refractivity contribution in [3.63, 3.8) is 0 Å². The van der Waals surface area contributed by atoms with E-state index in [1.165, 1.54) is 11.1 Å². The van der Waals surface area contributed by atoms with Crippen LogP contribution in [0.2, 0.25) is 0 Å². The van der Waals surface area contributed by atoms with Crippen LogP contribution in [0.1, 0.15) is 79.9 Å². The van der Waals surface area contributed by atoms with Gasteiger partial charge in [-0.3, -0.25) is 4.79 Å². The Bertz CT molecular complexity index is 585. The molecule has 1 unspecified atom stereocenters. The summed E-state index contributed by atoms with van der Waals surface area (Å²) >= 11 is 0. The Morgan fingerprint density at radius 3 is 2.00 bits per heavy atom. The van der Waals surface area contributed by atoms with Crippen molar-refractivity contribution in [2.24, 2.45) is 5.41 Å². The van der Waals surface area contributed by atoms with Gasteiger partial charge in [0.1, 0.15) is 0 Å². The zero-order valence-electron chi connectivity index (χ0n) is 18.4. The fraction of sp³-hybridized carbons (Fsp3) is 0.696. The van der Waals surface area contributed by atoms with Crippen LogP contribution in [0.4, 0.5) is 0 Å². The summed E-state index contributed by atoms with van der Waals surface area (Å²) in [4.78, 5) is 12.9. The molecule has 0 aliphatic carbocycles. The molecule has 0 aromatic heterocycles. The van der Waals surface area contributed by atoms with Gasteiger partial charge in [0.2, 0.25) is 0 Å². The van der Waals surface area contributed by atoms with Gasteiger partial charge in [0.05, 0.1) is 6.04 Å². The summed E-state index contributed by atoms with van der Waals surface area (Å²) in [5.74, 6) is 0.290. The van der Waals surface area contributed by atoms with Gasteiger partial charge >= 0.3 is 0 Å². The molecule has 1 aromatic rings. The SMILES string of the molecule is CC(C)(C)NCc1cccc(CCC(NC(C)(C)C)C(=O)C(C)(C)C)c1. The van der Waals surface area contributed by atoms with E-state index < -0.39 is 0 Å². The molecule has 0 radical (unpaired) electrons. The number of aryl methyl sites for hydroxylation is 1. The van der Waals surface area contributed by atoms with Crippen LogP contribution in [0.25, 0.3) is 0 Å². The molecule has 1 atom stereocenters. The average Bonchev–Trinajstić information content (AvgIpc) is 2.46. The molecule has 0 heterocycles. The van der Waals surface area contributed by atoms with Crippen LogP contribution in [-0.2, 0) is 17.8 Å². The molecular formula is C23H40N2O. The second-order valence-electron chi connectivity index (χ2n) is 10.5. The Hall–Kier alpha value is -1.19. The summed E-state index contributed by atoms with van der Waals surface area (Å²) in [6.07, 6.45) is 1.72. The fourth-order valence-electron chi connectivity index (χ4n) is 2.89. The van der Waals surface area contributed by atoms with Crippen molar-refractivity contribution in [1.29, 1.82) is 0 Å². The molecule has 0 fully saturated rings. The monoisotopic (exact) mass is 360 g/mol. The zero-order chi connectivity index (χ0) is 20.2. The molecule has 3 nitrogen and oxygen atoms in total. The first kappa shape index (κ1) is 22.9. The van der Waals surface area contributed by atoms with Crippen molar-refractivity contribution in [1.82, 2.24) is 10.6 Å². The molecule has 1 aromatic carbocycles. The minimum atomic E-state index is -0.332. The smallest absolute Gasteiger partial charge is 0.155 e. The van der Waals surface area contributed by atoms with Crippen molar-refractivity contribution < 1.29 is 4.79 Å². The number of hydrogen-bond acceptors (Lipinski definition) is 3. The highest BCUT2D eigenvalue weighted by Gasteiger charge is 2.31. The Labute approximate surface area is 161 Å². The molecule has 0 bridgehead atoms. The van der Waals surface area contributed by atoms with Crippen LogP contribution < -0.4 is 10.6 Å². The van der Waals surface area contributed by atoms with Gasteiger partial charge in [-0.05, 0) is 65.5 Å². The fourth-order valence-corrected chi connectivity index (χ4v) is 2.89. The molecule has 1 rings (SSSR count). The van der Waals surface area contributed by atoms with Crippen LogP contribution in [0, 0.1) is 5.41 Å². The predicted octanol–water partition coefficient (Wildman–Crippen LogP) is 4.88. The number of nitrogens with one attached hydrogen (secondary N) is 2. The lowest BCUT2D eigenvalue weighted by atomic mass is 9.83. The highest BCUT2D eigenvalue weighted by atomic mass is 16.1. The minimum Gasteiger partial charge on any atom is -0.308 e. The molecule has 3 heteroatoms. The standard InChI is InChI=1S/C23H40N2O/c1-21(2,3)20(26)19(25-23(7,8)9)14-13-17-11-10-12-18(15-17)16-24-22(4,5)6/h10-12,15,19,24-25H,13-14,16H2,1-9H3. The van der Waals surface area contributed by atoms with E-state index in [4.69, 9.17) is 0 Å². The Morgan fingerprint density at radius 1 is 0.923 bits per heavy atom. The minimum absolute atomic E-state index is 0.0793. The molecule has 0 amide bonds. The van der Waals surface area contributed by atoms with Gasteiger partial charge in [0.25, 0.3) is 0 Å². The van der Waals surface area contributed by atoms with Crippen molar-refractivity contribution >= 4 is 5.78 Å².